The Morgan fingerprint density at radius 1 is 1.24 bits per heavy atom. The minimum atomic E-state index is 0.675. The molecule has 0 spiro atoms. The highest BCUT2D eigenvalue weighted by Crippen LogP contribution is 2.31. The number of hydrogen-bond acceptors (Lipinski definition) is 4. The number of benzene rings is 1. The highest BCUT2D eigenvalue weighted by Gasteiger charge is 2.21. The van der Waals surface area contributed by atoms with Crippen molar-refractivity contribution in [2.45, 2.75) is 46.1 Å². The topological polar surface area (TPSA) is 69.6 Å². The molecule has 1 aromatic carbocycles. The first-order valence-corrected chi connectivity index (χ1v) is 7.76. The Morgan fingerprint density at radius 2 is 2.00 bits per heavy atom. The van der Waals surface area contributed by atoms with E-state index < -0.39 is 0 Å². The lowest BCUT2D eigenvalue weighted by molar-refractivity contribution is 0.257. The molecule has 5 heteroatoms. The Kier molecular flexibility index (Phi) is 3.90. The number of para-hydroxylation sites is 1. The van der Waals surface area contributed by atoms with Crippen LogP contribution in [0.25, 0.3) is 11.4 Å². The minimum absolute atomic E-state index is 0.675. The molecule has 21 heavy (non-hydrogen) atoms. The molecular weight excluding hydrogens is 262 g/mol. The van der Waals surface area contributed by atoms with Gasteiger partial charge in [-0.2, -0.15) is 0 Å². The second-order valence-electron chi connectivity index (χ2n) is 6.35. The molecule has 0 unspecified atom stereocenters. The lowest BCUT2D eigenvalue weighted by Crippen LogP contribution is -2.19. The third kappa shape index (κ3) is 2.91. The summed E-state index contributed by atoms with van der Waals surface area (Å²) in [4.78, 5) is 0. The Balaban J connectivity index is 1.82. The predicted octanol–water partition coefficient (Wildman–Crippen LogP) is 3.06. The molecule has 0 radical (unpaired) electrons. The maximum atomic E-state index is 6.19. The van der Waals surface area contributed by atoms with Crippen LogP contribution in [0, 0.1) is 18.8 Å². The normalized spacial score (nSPS) is 22.4. The van der Waals surface area contributed by atoms with Gasteiger partial charge in [0.05, 0.1) is 0 Å². The molecule has 0 saturated heterocycles. The molecule has 1 heterocycles. The van der Waals surface area contributed by atoms with Crippen molar-refractivity contribution in [1.29, 1.82) is 0 Å². The molecule has 1 aliphatic carbocycles. The Bertz CT molecular complexity index is 611. The van der Waals surface area contributed by atoms with Gasteiger partial charge >= 0.3 is 0 Å². The molecule has 2 N–H and O–H groups in total. The van der Waals surface area contributed by atoms with Crippen molar-refractivity contribution < 1.29 is 0 Å². The van der Waals surface area contributed by atoms with Crippen LogP contribution < -0.4 is 5.73 Å². The van der Waals surface area contributed by atoms with Gasteiger partial charge in [-0.3, -0.25) is 0 Å². The summed E-state index contributed by atoms with van der Waals surface area (Å²) >= 11 is 0. The number of hydrogen-bond donors (Lipinski definition) is 1. The fraction of sp³-hybridized carbons (Fsp3) is 0.562. The van der Waals surface area contributed by atoms with Gasteiger partial charge in [0.1, 0.15) is 0 Å². The van der Waals surface area contributed by atoms with Crippen molar-refractivity contribution >= 4 is 5.69 Å². The van der Waals surface area contributed by atoms with Gasteiger partial charge in [0.25, 0.3) is 0 Å². The summed E-state index contributed by atoms with van der Waals surface area (Å²) in [6.07, 6.45) is 5.16. The van der Waals surface area contributed by atoms with E-state index >= 15 is 0 Å². The minimum Gasteiger partial charge on any atom is -0.398 e. The number of tetrazole rings is 1. The van der Waals surface area contributed by atoms with E-state index in [1.54, 1.807) is 0 Å². The number of nitrogen functional groups attached to an aromatic ring is 1. The number of aryl methyl sites for hydroxylation is 1. The maximum absolute atomic E-state index is 6.19. The summed E-state index contributed by atoms with van der Waals surface area (Å²) in [5.41, 5.74) is 8.95. The van der Waals surface area contributed by atoms with E-state index in [-0.39, 0.29) is 0 Å². The van der Waals surface area contributed by atoms with Gasteiger partial charge in [-0.25, -0.2) is 4.68 Å². The van der Waals surface area contributed by atoms with Crippen LogP contribution in [-0.4, -0.2) is 20.2 Å². The number of nitrogens with zero attached hydrogens (tertiary/aromatic N) is 4. The fourth-order valence-electron chi connectivity index (χ4n) is 3.15. The lowest BCUT2D eigenvalue weighted by Gasteiger charge is -2.26. The average Bonchev–Trinajstić information content (AvgIpc) is 2.92. The molecular formula is C16H23N5. The molecule has 3 rings (SSSR count). The van der Waals surface area contributed by atoms with Gasteiger partial charge in [-0.1, -0.05) is 31.9 Å². The van der Waals surface area contributed by atoms with E-state index in [4.69, 9.17) is 5.73 Å². The van der Waals surface area contributed by atoms with Gasteiger partial charge in [-0.05, 0) is 53.7 Å². The quantitative estimate of drug-likeness (QED) is 0.880. The SMILES string of the molecule is Cc1cccc(-c2nnnn2CC2CCC(C)CC2)c1N. The fourth-order valence-corrected chi connectivity index (χ4v) is 3.15. The van der Waals surface area contributed by atoms with Crippen molar-refractivity contribution in [3.05, 3.63) is 23.8 Å². The molecule has 0 atom stereocenters. The van der Waals surface area contributed by atoms with Gasteiger partial charge in [0.15, 0.2) is 5.82 Å². The molecule has 1 fully saturated rings. The molecule has 0 amide bonds. The van der Waals surface area contributed by atoms with E-state index in [1.165, 1.54) is 25.7 Å². The van der Waals surface area contributed by atoms with Gasteiger partial charge < -0.3 is 5.73 Å². The Morgan fingerprint density at radius 3 is 2.76 bits per heavy atom. The molecule has 1 saturated carbocycles. The Labute approximate surface area is 125 Å². The van der Waals surface area contributed by atoms with Crippen molar-refractivity contribution in [2.24, 2.45) is 11.8 Å². The van der Waals surface area contributed by atoms with Gasteiger partial charge in [0.2, 0.25) is 0 Å². The van der Waals surface area contributed by atoms with Crippen molar-refractivity contribution in [3.63, 3.8) is 0 Å². The zero-order valence-corrected chi connectivity index (χ0v) is 12.8. The number of aromatic nitrogens is 4. The number of nitrogens with two attached hydrogens (primary N) is 1. The summed E-state index contributed by atoms with van der Waals surface area (Å²) in [6.45, 7) is 5.24. The third-order valence-electron chi connectivity index (χ3n) is 4.66. The largest absolute Gasteiger partial charge is 0.398 e. The van der Waals surface area contributed by atoms with E-state index in [0.29, 0.717) is 5.92 Å². The van der Waals surface area contributed by atoms with Crippen molar-refractivity contribution in [2.75, 3.05) is 5.73 Å². The zero-order chi connectivity index (χ0) is 14.8. The molecule has 0 aliphatic heterocycles. The standard InChI is InChI=1S/C16H23N5/c1-11-6-8-13(9-7-11)10-21-16(18-19-20-21)14-5-3-4-12(2)15(14)17/h3-5,11,13H,6-10,17H2,1-2H3. The lowest BCUT2D eigenvalue weighted by atomic mass is 9.83. The van der Waals surface area contributed by atoms with E-state index in [2.05, 4.69) is 22.4 Å². The molecule has 112 valence electrons. The van der Waals surface area contributed by atoms with E-state index in [0.717, 1.165) is 35.1 Å². The second-order valence-corrected chi connectivity index (χ2v) is 6.35. The van der Waals surface area contributed by atoms with Crippen molar-refractivity contribution in [3.8, 4) is 11.4 Å². The average molecular weight is 285 g/mol. The summed E-state index contributed by atoms with van der Waals surface area (Å²) < 4.78 is 1.92. The van der Waals surface area contributed by atoms with E-state index in [1.807, 2.05) is 29.8 Å². The van der Waals surface area contributed by atoms with E-state index in [9.17, 15) is 0 Å². The molecule has 5 nitrogen and oxygen atoms in total. The van der Waals surface area contributed by atoms with Gasteiger partial charge in [-0.15, -0.1) is 5.10 Å². The molecule has 0 bridgehead atoms. The predicted molar refractivity (Wildman–Crippen MR) is 83.5 cm³/mol. The molecule has 2 aromatic rings. The Hall–Kier alpha value is -1.91. The third-order valence-corrected chi connectivity index (χ3v) is 4.66. The smallest absolute Gasteiger partial charge is 0.184 e. The summed E-state index contributed by atoms with van der Waals surface area (Å²) in [5, 5.41) is 12.2. The van der Waals surface area contributed by atoms with Crippen LogP contribution in [0.1, 0.15) is 38.2 Å². The highest BCUT2D eigenvalue weighted by molar-refractivity contribution is 5.73. The summed E-state index contributed by atoms with van der Waals surface area (Å²) in [6, 6.07) is 6.01. The maximum Gasteiger partial charge on any atom is 0.184 e. The summed E-state index contributed by atoms with van der Waals surface area (Å²) in [5.74, 6) is 2.33. The van der Waals surface area contributed by atoms with Crippen LogP contribution in [0.3, 0.4) is 0 Å². The number of rotatable bonds is 3. The monoisotopic (exact) mass is 285 g/mol. The van der Waals surface area contributed by atoms with Crippen LogP contribution >= 0.6 is 0 Å². The second kappa shape index (κ2) is 5.84. The molecule has 1 aliphatic rings. The summed E-state index contributed by atoms with van der Waals surface area (Å²) in [7, 11) is 0. The van der Waals surface area contributed by atoms with Crippen LogP contribution in [0.4, 0.5) is 5.69 Å². The van der Waals surface area contributed by atoms with Crippen LogP contribution in [0.15, 0.2) is 18.2 Å². The van der Waals surface area contributed by atoms with Crippen LogP contribution in [0.5, 0.6) is 0 Å². The molecule has 1 aromatic heterocycles. The first-order chi connectivity index (χ1) is 10.1. The number of anilines is 1. The first-order valence-electron chi connectivity index (χ1n) is 7.76. The highest BCUT2D eigenvalue weighted by atomic mass is 15.5. The van der Waals surface area contributed by atoms with Crippen molar-refractivity contribution in [1.82, 2.24) is 20.2 Å². The van der Waals surface area contributed by atoms with Crippen LogP contribution in [-0.2, 0) is 6.54 Å². The van der Waals surface area contributed by atoms with Gasteiger partial charge in [0, 0.05) is 17.8 Å². The first kappa shape index (κ1) is 14.0. The zero-order valence-electron chi connectivity index (χ0n) is 12.8. The van der Waals surface area contributed by atoms with Crippen LogP contribution in [0.2, 0.25) is 0 Å².